The van der Waals surface area contributed by atoms with Gasteiger partial charge >= 0.3 is 0 Å². The maximum Gasteiger partial charge on any atom is 0.245 e. The van der Waals surface area contributed by atoms with Crippen LogP contribution < -0.4 is 11.2 Å². The van der Waals surface area contributed by atoms with E-state index < -0.39 is 5.91 Å². The molecule has 1 aliphatic heterocycles. The van der Waals surface area contributed by atoms with Crippen LogP contribution >= 0.6 is 0 Å². The van der Waals surface area contributed by atoms with E-state index in [0.29, 0.717) is 0 Å². The van der Waals surface area contributed by atoms with Crippen molar-refractivity contribution in [2.45, 2.75) is 56.6 Å². The molecule has 17 heavy (non-hydrogen) atoms. The Labute approximate surface area is 102 Å². The van der Waals surface area contributed by atoms with Crippen molar-refractivity contribution in [3.05, 3.63) is 0 Å². The smallest absolute Gasteiger partial charge is 0.245 e. The number of hydroxylamine groups is 1. The zero-order valence-electron chi connectivity index (χ0n) is 10.2. The first-order chi connectivity index (χ1) is 8.20. The second-order valence-corrected chi connectivity index (χ2v) is 5.15. The molecule has 5 heteroatoms. The average molecular weight is 242 g/mol. The molecule has 1 aliphatic carbocycles. The summed E-state index contributed by atoms with van der Waals surface area (Å²) in [5.74, 6) is -0.447. The lowest BCUT2D eigenvalue weighted by Gasteiger charge is -2.43. The second-order valence-electron chi connectivity index (χ2n) is 5.15. The lowest BCUT2D eigenvalue weighted by Crippen LogP contribution is -2.48. The maximum atomic E-state index is 10.6. The predicted octanol–water partition coefficient (Wildman–Crippen LogP) is 0.875. The van der Waals surface area contributed by atoms with Crippen LogP contribution in [0.1, 0.15) is 44.9 Å². The van der Waals surface area contributed by atoms with Gasteiger partial charge in [-0.05, 0) is 25.7 Å². The number of ether oxygens (including phenoxy) is 1. The monoisotopic (exact) mass is 242 g/mol. The van der Waals surface area contributed by atoms with E-state index in [-0.39, 0.29) is 18.2 Å². The van der Waals surface area contributed by atoms with Crippen molar-refractivity contribution in [2.75, 3.05) is 13.2 Å². The summed E-state index contributed by atoms with van der Waals surface area (Å²) in [4.78, 5) is 15.7. The number of hydrogen-bond acceptors (Lipinski definition) is 4. The van der Waals surface area contributed by atoms with Crippen molar-refractivity contribution in [1.29, 1.82) is 0 Å². The molecule has 0 bridgehead atoms. The molecule has 2 rings (SSSR count). The number of carbonyl (C=O) groups excluding carboxylic acids is 1. The van der Waals surface area contributed by atoms with Gasteiger partial charge in [-0.25, -0.2) is 0 Å². The van der Waals surface area contributed by atoms with Gasteiger partial charge in [-0.2, -0.15) is 5.48 Å². The molecule has 0 aromatic rings. The topological polar surface area (TPSA) is 73.6 Å². The Morgan fingerprint density at radius 2 is 2.18 bits per heavy atom. The highest BCUT2D eigenvalue weighted by Gasteiger charge is 2.38. The molecule has 0 aromatic heterocycles. The van der Waals surface area contributed by atoms with Gasteiger partial charge in [-0.1, -0.05) is 19.3 Å². The first-order valence-corrected chi connectivity index (χ1v) is 6.50. The Morgan fingerprint density at radius 3 is 2.88 bits per heavy atom. The highest BCUT2D eigenvalue weighted by molar-refractivity contribution is 5.74. The normalized spacial score (nSPS) is 28.1. The van der Waals surface area contributed by atoms with Gasteiger partial charge in [0.25, 0.3) is 0 Å². The number of amides is 1. The van der Waals surface area contributed by atoms with E-state index in [4.69, 9.17) is 15.3 Å². The van der Waals surface area contributed by atoms with E-state index in [2.05, 4.69) is 5.48 Å². The van der Waals surface area contributed by atoms with Gasteiger partial charge in [0, 0.05) is 12.6 Å². The number of rotatable bonds is 4. The molecule has 1 spiro atoms. The molecule has 2 aliphatic rings. The molecule has 5 nitrogen and oxygen atoms in total. The Morgan fingerprint density at radius 1 is 1.41 bits per heavy atom. The third-order valence-corrected chi connectivity index (χ3v) is 3.72. The molecule has 1 atom stereocenters. The van der Waals surface area contributed by atoms with Crippen molar-refractivity contribution >= 4 is 5.91 Å². The average Bonchev–Trinajstić information content (AvgIpc) is 2.29. The van der Waals surface area contributed by atoms with Crippen molar-refractivity contribution in [3.8, 4) is 0 Å². The summed E-state index contributed by atoms with van der Waals surface area (Å²) in [5.41, 5.74) is 8.02. The Bertz CT molecular complexity index is 259. The first kappa shape index (κ1) is 12.8. The summed E-state index contributed by atoms with van der Waals surface area (Å²) in [6.07, 6.45) is 8.05. The molecule has 1 saturated heterocycles. The van der Waals surface area contributed by atoms with Crippen LogP contribution in [0.15, 0.2) is 0 Å². The maximum absolute atomic E-state index is 10.6. The van der Waals surface area contributed by atoms with E-state index in [1.165, 1.54) is 19.3 Å². The molecular formula is C12H22N2O3. The highest BCUT2D eigenvalue weighted by Crippen LogP contribution is 2.38. The fourth-order valence-corrected chi connectivity index (χ4v) is 2.90. The number of primary amides is 1. The number of carbonyl (C=O) groups is 1. The molecule has 1 heterocycles. The summed E-state index contributed by atoms with van der Waals surface area (Å²) < 4.78 is 5.98. The molecule has 1 saturated carbocycles. The summed E-state index contributed by atoms with van der Waals surface area (Å²) >= 11 is 0. The van der Waals surface area contributed by atoms with Gasteiger partial charge in [0.15, 0.2) is 0 Å². The van der Waals surface area contributed by atoms with Gasteiger partial charge in [0.05, 0.1) is 5.60 Å². The molecule has 3 N–H and O–H groups in total. The molecule has 0 radical (unpaired) electrons. The van der Waals surface area contributed by atoms with Crippen molar-refractivity contribution < 1.29 is 14.4 Å². The van der Waals surface area contributed by atoms with E-state index in [1.54, 1.807) is 0 Å². The fourth-order valence-electron chi connectivity index (χ4n) is 2.90. The largest absolute Gasteiger partial charge is 0.375 e. The van der Waals surface area contributed by atoms with Crippen molar-refractivity contribution in [1.82, 2.24) is 5.48 Å². The van der Waals surface area contributed by atoms with Crippen LogP contribution in [0, 0.1) is 0 Å². The van der Waals surface area contributed by atoms with Gasteiger partial charge in [0.1, 0.15) is 6.61 Å². The van der Waals surface area contributed by atoms with Crippen molar-refractivity contribution in [3.63, 3.8) is 0 Å². The van der Waals surface area contributed by atoms with Crippen LogP contribution in [0.5, 0.6) is 0 Å². The molecular weight excluding hydrogens is 220 g/mol. The Kier molecular flexibility index (Phi) is 4.36. The van der Waals surface area contributed by atoms with E-state index in [9.17, 15) is 4.79 Å². The summed E-state index contributed by atoms with van der Waals surface area (Å²) in [6, 6.07) is 0.279. The van der Waals surface area contributed by atoms with Crippen LogP contribution in [0.2, 0.25) is 0 Å². The molecule has 1 unspecified atom stereocenters. The summed E-state index contributed by atoms with van der Waals surface area (Å²) in [7, 11) is 0. The molecule has 98 valence electrons. The molecule has 0 aromatic carbocycles. The first-order valence-electron chi connectivity index (χ1n) is 6.50. The predicted molar refractivity (Wildman–Crippen MR) is 63.1 cm³/mol. The lowest BCUT2D eigenvalue weighted by molar-refractivity contribution is -0.137. The van der Waals surface area contributed by atoms with Gasteiger partial charge in [-0.15, -0.1) is 0 Å². The third kappa shape index (κ3) is 3.66. The quantitative estimate of drug-likeness (QED) is 0.718. The number of nitrogens with two attached hydrogens (primary N) is 1. The summed E-state index contributed by atoms with van der Waals surface area (Å²) in [5, 5.41) is 0. The van der Waals surface area contributed by atoms with Crippen LogP contribution in [0.25, 0.3) is 0 Å². The van der Waals surface area contributed by atoms with E-state index in [0.717, 1.165) is 32.3 Å². The van der Waals surface area contributed by atoms with Crippen LogP contribution in [0.3, 0.4) is 0 Å². The van der Waals surface area contributed by atoms with E-state index >= 15 is 0 Å². The van der Waals surface area contributed by atoms with Gasteiger partial charge < -0.3 is 10.5 Å². The number of nitrogens with one attached hydrogen (secondary N) is 1. The van der Waals surface area contributed by atoms with E-state index in [1.807, 2.05) is 0 Å². The standard InChI is InChI=1S/C12H22N2O3/c13-11(15)9-17-14-10-4-7-16-12(8-10)5-2-1-3-6-12/h10,14H,1-9H2,(H2,13,15). The minimum atomic E-state index is -0.447. The summed E-state index contributed by atoms with van der Waals surface area (Å²) in [6.45, 7) is 0.710. The molecule has 2 fully saturated rings. The van der Waals surface area contributed by atoms with Crippen LogP contribution in [-0.2, 0) is 14.4 Å². The minimum Gasteiger partial charge on any atom is -0.375 e. The zero-order chi connectivity index (χ0) is 12.1. The Hall–Kier alpha value is -0.650. The van der Waals surface area contributed by atoms with Gasteiger partial charge in [0.2, 0.25) is 5.91 Å². The number of hydrogen-bond donors (Lipinski definition) is 2. The second kappa shape index (κ2) is 5.80. The minimum absolute atomic E-state index is 0.0598. The van der Waals surface area contributed by atoms with Crippen LogP contribution in [-0.4, -0.2) is 30.8 Å². The Balaban J connectivity index is 1.77. The SMILES string of the molecule is NC(=O)CONC1CCOC2(CCCCC2)C1. The highest BCUT2D eigenvalue weighted by atomic mass is 16.6. The van der Waals surface area contributed by atoms with Gasteiger partial charge in [-0.3, -0.25) is 9.63 Å². The lowest BCUT2D eigenvalue weighted by atomic mass is 9.78. The fraction of sp³-hybridized carbons (Fsp3) is 0.917. The third-order valence-electron chi connectivity index (χ3n) is 3.72. The van der Waals surface area contributed by atoms with Crippen LogP contribution in [0.4, 0.5) is 0 Å². The molecule has 1 amide bonds. The van der Waals surface area contributed by atoms with Crippen molar-refractivity contribution in [2.24, 2.45) is 5.73 Å². The zero-order valence-corrected chi connectivity index (χ0v) is 10.2.